The highest BCUT2D eigenvalue weighted by molar-refractivity contribution is 5.91. The van der Waals surface area contributed by atoms with Crippen molar-refractivity contribution in [2.75, 3.05) is 5.32 Å². The second-order valence-corrected chi connectivity index (χ2v) is 7.15. The summed E-state index contributed by atoms with van der Waals surface area (Å²) in [7, 11) is 0. The number of aryl methyl sites for hydroxylation is 2. The number of anilines is 1. The molecule has 2 aromatic rings. The van der Waals surface area contributed by atoms with E-state index in [4.69, 9.17) is 4.52 Å². The van der Waals surface area contributed by atoms with Gasteiger partial charge in [-0.1, -0.05) is 36.0 Å². The van der Waals surface area contributed by atoms with Gasteiger partial charge < -0.3 is 9.84 Å². The Kier molecular flexibility index (Phi) is 6.64. The SMILES string of the molecule is C=CCCCCc1onc(CCC(=O)Nc2cccc(C=C)c2)c1C1CC1. The van der Waals surface area contributed by atoms with Gasteiger partial charge in [0.2, 0.25) is 5.91 Å². The molecule has 1 saturated carbocycles. The molecular weight excluding hydrogens is 336 g/mol. The Labute approximate surface area is 161 Å². The van der Waals surface area contributed by atoms with Crippen LogP contribution < -0.4 is 5.32 Å². The van der Waals surface area contributed by atoms with Gasteiger partial charge in [-0.05, 0) is 55.7 Å². The Morgan fingerprint density at radius 1 is 1.26 bits per heavy atom. The molecule has 0 saturated heterocycles. The minimum Gasteiger partial charge on any atom is -0.361 e. The summed E-state index contributed by atoms with van der Waals surface area (Å²) in [4.78, 5) is 12.3. The summed E-state index contributed by atoms with van der Waals surface area (Å²) in [6, 6.07) is 7.67. The first-order valence-electron chi connectivity index (χ1n) is 9.82. The van der Waals surface area contributed by atoms with Crippen molar-refractivity contribution in [3.8, 4) is 0 Å². The van der Waals surface area contributed by atoms with Gasteiger partial charge in [0.25, 0.3) is 0 Å². The molecule has 4 nitrogen and oxygen atoms in total. The zero-order valence-electron chi connectivity index (χ0n) is 15.9. The molecule has 0 atom stereocenters. The number of carbonyl (C=O) groups is 1. The van der Waals surface area contributed by atoms with E-state index in [9.17, 15) is 4.79 Å². The largest absolute Gasteiger partial charge is 0.361 e. The highest BCUT2D eigenvalue weighted by Crippen LogP contribution is 2.44. The minimum atomic E-state index is -0.00603. The Hall–Kier alpha value is -2.62. The topological polar surface area (TPSA) is 55.1 Å². The smallest absolute Gasteiger partial charge is 0.224 e. The van der Waals surface area contributed by atoms with Crippen molar-refractivity contribution in [2.45, 2.75) is 57.3 Å². The van der Waals surface area contributed by atoms with Gasteiger partial charge in [-0.25, -0.2) is 0 Å². The zero-order valence-corrected chi connectivity index (χ0v) is 15.9. The van der Waals surface area contributed by atoms with Gasteiger partial charge in [-0.15, -0.1) is 6.58 Å². The number of amides is 1. The summed E-state index contributed by atoms with van der Waals surface area (Å²) >= 11 is 0. The Morgan fingerprint density at radius 2 is 2.11 bits per heavy atom. The van der Waals surface area contributed by atoms with E-state index in [2.05, 4.69) is 23.6 Å². The fourth-order valence-electron chi connectivity index (χ4n) is 3.34. The molecule has 1 aromatic carbocycles. The predicted molar refractivity (Wildman–Crippen MR) is 110 cm³/mol. The molecule has 0 spiro atoms. The quantitative estimate of drug-likeness (QED) is 0.413. The van der Waals surface area contributed by atoms with Crippen molar-refractivity contribution in [3.05, 3.63) is 66.1 Å². The molecule has 1 N–H and O–H groups in total. The van der Waals surface area contributed by atoms with Crippen LogP contribution in [-0.4, -0.2) is 11.1 Å². The second-order valence-electron chi connectivity index (χ2n) is 7.15. The van der Waals surface area contributed by atoms with Gasteiger partial charge in [0.05, 0.1) is 5.69 Å². The minimum absolute atomic E-state index is 0.00603. The molecule has 3 rings (SSSR count). The predicted octanol–water partition coefficient (Wildman–Crippen LogP) is 5.67. The van der Waals surface area contributed by atoms with Gasteiger partial charge in [-0.3, -0.25) is 4.79 Å². The lowest BCUT2D eigenvalue weighted by Gasteiger charge is -2.06. The normalized spacial score (nSPS) is 13.3. The third-order valence-electron chi connectivity index (χ3n) is 4.92. The number of unbranched alkanes of at least 4 members (excludes halogenated alkanes) is 2. The van der Waals surface area contributed by atoms with Crippen LogP contribution in [0.15, 0.2) is 48.0 Å². The maximum atomic E-state index is 12.3. The fourth-order valence-corrected chi connectivity index (χ4v) is 3.34. The van der Waals surface area contributed by atoms with Gasteiger partial charge in [0.1, 0.15) is 5.76 Å². The van der Waals surface area contributed by atoms with Crippen molar-refractivity contribution < 1.29 is 9.32 Å². The maximum Gasteiger partial charge on any atom is 0.224 e. The Bertz CT molecular complexity index is 802. The molecule has 0 radical (unpaired) electrons. The number of hydrogen-bond donors (Lipinski definition) is 1. The summed E-state index contributed by atoms with van der Waals surface area (Å²) in [6.45, 7) is 7.52. The number of rotatable bonds is 11. The maximum absolute atomic E-state index is 12.3. The van der Waals surface area contributed by atoms with Crippen LogP contribution in [0.3, 0.4) is 0 Å². The number of hydrogen-bond acceptors (Lipinski definition) is 3. The van der Waals surface area contributed by atoms with Crippen molar-refractivity contribution >= 4 is 17.7 Å². The summed E-state index contributed by atoms with van der Waals surface area (Å²) in [5.41, 5.74) is 4.02. The molecular formula is C23H28N2O2. The van der Waals surface area contributed by atoms with E-state index in [1.165, 1.54) is 18.4 Å². The molecule has 27 heavy (non-hydrogen) atoms. The first-order valence-corrected chi connectivity index (χ1v) is 9.82. The van der Waals surface area contributed by atoms with Crippen LogP contribution in [0, 0.1) is 0 Å². The van der Waals surface area contributed by atoms with Crippen LogP contribution in [-0.2, 0) is 17.6 Å². The average molecular weight is 364 g/mol. The number of carbonyl (C=O) groups excluding carboxylic acids is 1. The van der Waals surface area contributed by atoms with Gasteiger partial charge in [0.15, 0.2) is 0 Å². The lowest BCUT2D eigenvalue weighted by molar-refractivity contribution is -0.116. The fraction of sp³-hybridized carbons (Fsp3) is 0.391. The monoisotopic (exact) mass is 364 g/mol. The zero-order chi connectivity index (χ0) is 19.1. The Balaban J connectivity index is 1.56. The number of nitrogens with zero attached hydrogens (tertiary/aromatic N) is 1. The second kappa shape index (κ2) is 9.36. The summed E-state index contributed by atoms with van der Waals surface area (Å²) in [5.74, 6) is 1.59. The molecule has 142 valence electrons. The van der Waals surface area contributed by atoms with Crippen molar-refractivity contribution in [1.29, 1.82) is 0 Å². The van der Waals surface area contributed by atoms with E-state index >= 15 is 0 Å². The number of nitrogens with one attached hydrogen (secondary N) is 1. The number of benzene rings is 1. The van der Waals surface area contributed by atoms with E-state index < -0.39 is 0 Å². The molecule has 1 heterocycles. The van der Waals surface area contributed by atoms with Crippen molar-refractivity contribution in [3.63, 3.8) is 0 Å². The molecule has 1 aliphatic rings. The van der Waals surface area contributed by atoms with Crippen LogP contribution in [0.2, 0.25) is 0 Å². The lowest BCUT2D eigenvalue weighted by atomic mass is 10.0. The molecule has 1 fully saturated rings. The van der Waals surface area contributed by atoms with E-state index in [1.54, 1.807) is 6.08 Å². The van der Waals surface area contributed by atoms with Crippen LogP contribution in [0.1, 0.15) is 67.0 Å². The molecule has 1 aliphatic carbocycles. The standard InChI is InChI=1S/C23H28N2O2/c1-3-5-6-7-11-21-23(18-12-13-18)20(25-27-21)14-15-22(26)24-19-10-8-9-17(4-2)16-19/h3-4,8-10,16,18H,1-2,5-7,11-15H2,(H,24,26). The van der Waals surface area contributed by atoms with E-state index in [0.717, 1.165) is 48.4 Å². The molecule has 1 aromatic heterocycles. The van der Waals surface area contributed by atoms with E-state index in [-0.39, 0.29) is 5.91 Å². The first-order chi connectivity index (χ1) is 13.2. The van der Waals surface area contributed by atoms with Crippen LogP contribution >= 0.6 is 0 Å². The highest BCUT2D eigenvalue weighted by atomic mass is 16.5. The third kappa shape index (κ3) is 5.43. The van der Waals surface area contributed by atoms with Crippen LogP contribution in [0.5, 0.6) is 0 Å². The van der Waals surface area contributed by atoms with E-state index in [1.807, 2.05) is 30.3 Å². The molecule has 0 bridgehead atoms. The van der Waals surface area contributed by atoms with Crippen molar-refractivity contribution in [2.24, 2.45) is 0 Å². The first kappa shape index (κ1) is 19.2. The summed E-state index contributed by atoms with van der Waals surface area (Å²) in [5, 5.41) is 7.25. The van der Waals surface area contributed by atoms with Crippen LogP contribution in [0.25, 0.3) is 6.08 Å². The third-order valence-corrected chi connectivity index (χ3v) is 4.92. The highest BCUT2D eigenvalue weighted by Gasteiger charge is 2.32. The van der Waals surface area contributed by atoms with Gasteiger partial charge in [-0.2, -0.15) is 0 Å². The Morgan fingerprint density at radius 3 is 2.85 bits per heavy atom. The molecule has 0 unspecified atom stereocenters. The van der Waals surface area contributed by atoms with Crippen LogP contribution in [0.4, 0.5) is 5.69 Å². The molecule has 1 amide bonds. The van der Waals surface area contributed by atoms with E-state index in [0.29, 0.717) is 18.8 Å². The lowest BCUT2D eigenvalue weighted by Crippen LogP contribution is -2.13. The number of allylic oxidation sites excluding steroid dienone is 1. The van der Waals surface area contributed by atoms with Gasteiger partial charge in [0, 0.05) is 30.5 Å². The molecule has 4 heteroatoms. The summed E-state index contributed by atoms with van der Waals surface area (Å²) < 4.78 is 5.64. The average Bonchev–Trinajstić information content (AvgIpc) is 3.44. The molecule has 0 aliphatic heterocycles. The number of aromatic nitrogens is 1. The van der Waals surface area contributed by atoms with Crippen molar-refractivity contribution in [1.82, 2.24) is 5.16 Å². The van der Waals surface area contributed by atoms with Gasteiger partial charge >= 0.3 is 0 Å². The summed E-state index contributed by atoms with van der Waals surface area (Å²) in [6.07, 6.45) is 11.3.